The van der Waals surface area contributed by atoms with E-state index in [1.54, 1.807) is 47.0 Å². The number of pyridine rings is 1. The largest absolute Gasteiger partial charge is 0.461 e. The highest BCUT2D eigenvalue weighted by atomic mass is 16.7. The quantitative estimate of drug-likeness (QED) is 0.0912. The summed E-state index contributed by atoms with van der Waals surface area (Å²) < 4.78 is 70.4. The first-order valence-corrected chi connectivity index (χ1v) is 28.6. The third-order valence-electron chi connectivity index (χ3n) is 16.4. The zero-order valence-electron chi connectivity index (χ0n) is 50.4. The van der Waals surface area contributed by atoms with Crippen LogP contribution in [0.25, 0.3) is 0 Å². The summed E-state index contributed by atoms with van der Waals surface area (Å²) in [6, 6.07) is 3.68. The summed E-state index contributed by atoms with van der Waals surface area (Å²) in [6.07, 6.45) is -9.76. The third-order valence-corrected chi connectivity index (χ3v) is 16.4. The highest BCUT2D eigenvalue weighted by Gasteiger charge is 2.53. The number of carbonyl (C=O) groups excluding carboxylic acids is 4. The van der Waals surface area contributed by atoms with Gasteiger partial charge in [0, 0.05) is 82.8 Å². The minimum absolute atomic E-state index is 0.00773. The molecular formula is C58H96N4O18. The van der Waals surface area contributed by atoms with E-state index in [1.165, 1.54) is 28.3 Å². The molecule has 22 heteroatoms. The van der Waals surface area contributed by atoms with Gasteiger partial charge in [0.2, 0.25) is 0 Å². The number of nitrogens with zero attached hydrogens (tertiary/aromatic N) is 3. The van der Waals surface area contributed by atoms with Crippen molar-refractivity contribution in [3.05, 3.63) is 30.1 Å². The molecule has 22 atom stereocenters. The van der Waals surface area contributed by atoms with Crippen LogP contribution in [0.1, 0.15) is 121 Å². The molecule has 0 saturated carbocycles. The number of likely N-dealkylation sites (N-methyl/N-ethyl adjacent to an activating group) is 1. The lowest BCUT2D eigenvalue weighted by molar-refractivity contribution is -0.305. The van der Waals surface area contributed by atoms with Crippen LogP contribution in [0.2, 0.25) is 0 Å². The van der Waals surface area contributed by atoms with Crippen molar-refractivity contribution in [1.29, 1.82) is 0 Å². The number of aliphatic hydroxyl groups is 2. The third kappa shape index (κ3) is 17.6. The summed E-state index contributed by atoms with van der Waals surface area (Å²) in [6.45, 7) is 24.0. The van der Waals surface area contributed by atoms with Crippen LogP contribution in [0.3, 0.4) is 0 Å². The lowest BCUT2D eigenvalue weighted by Gasteiger charge is -2.45. The van der Waals surface area contributed by atoms with Crippen molar-refractivity contribution >= 4 is 29.5 Å². The molecular weight excluding hydrogens is 1040 g/mol. The van der Waals surface area contributed by atoms with Crippen molar-refractivity contribution < 1.29 is 86.3 Å². The van der Waals surface area contributed by atoms with Crippen molar-refractivity contribution in [1.82, 2.24) is 15.2 Å². The van der Waals surface area contributed by atoms with Gasteiger partial charge in [-0.3, -0.25) is 19.4 Å². The summed E-state index contributed by atoms with van der Waals surface area (Å²) in [5, 5.41) is 29.7. The van der Waals surface area contributed by atoms with E-state index in [4.69, 9.17) is 56.9 Å². The predicted molar refractivity (Wildman–Crippen MR) is 293 cm³/mol. The zero-order valence-corrected chi connectivity index (χ0v) is 50.4. The molecule has 0 aromatic carbocycles. The Morgan fingerprint density at radius 3 is 2.16 bits per heavy atom. The fraction of sp³-hybridized carbons (Fsp3) is 0.828. The van der Waals surface area contributed by atoms with E-state index in [0.29, 0.717) is 19.4 Å². The maximum absolute atomic E-state index is 15.8. The first kappa shape index (κ1) is 66.9. The molecule has 5 rings (SSSR count). The standard InChI is InChI=1S/C58H96N4O18/c1-30(2)24-43(63)76-49-37(9)48(32(4)29-72-56-52(70-16)51(69-15)45(64)40(12)75-56)78-54(67)39(11)50(77-44-25-33(5)62(14)28-35(7)73-44)36(8)47(79-55-46(65)42(61-71-17)26-34(6)74-55)31(3)27-58(13,53(66)38(49)10)80-57(68)60-23-20-41-18-21-59-22-19-41/h18-19,21-22,30-40,44-52,55-56,64-65H,20,23-29H2,1-17H3,(H,60,68)/b61-42+/t31-,32?,33?,34+,35-,36+,37-,38+,39+,40+,44-,45+,46+,47-,48+,49+,50-,51+,52+,55-,56+,58-/m0/s1. The molecule has 5 heterocycles. The lowest BCUT2D eigenvalue weighted by atomic mass is 9.74. The van der Waals surface area contributed by atoms with E-state index in [-0.39, 0.29) is 56.2 Å². The normalized spacial score (nSPS) is 39.1. The highest BCUT2D eigenvalue weighted by Crippen LogP contribution is 2.40. The molecule has 0 aliphatic carbocycles. The summed E-state index contributed by atoms with van der Waals surface area (Å²) in [5.41, 5.74) is -0.748. The molecule has 4 aliphatic rings. The van der Waals surface area contributed by atoms with Gasteiger partial charge in [0.25, 0.3) is 0 Å². The molecule has 456 valence electrons. The van der Waals surface area contributed by atoms with Gasteiger partial charge in [0.05, 0.1) is 54.7 Å². The van der Waals surface area contributed by atoms with Gasteiger partial charge in [-0.25, -0.2) is 4.79 Å². The van der Waals surface area contributed by atoms with Crippen LogP contribution in [0, 0.1) is 41.4 Å². The number of ether oxygens (including phenoxy) is 11. The number of hydrogen-bond acceptors (Lipinski definition) is 21. The zero-order chi connectivity index (χ0) is 59.3. The minimum atomic E-state index is -1.95. The van der Waals surface area contributed by atoms with Crippen molar-refractivity contribution in [2.45, 2.75) is 220 Å². The number of ketones is 1. The fourth-order valence-corrected chi connectivity index (χ4v) is 11.9. The van der Waals surface area contributed by atoms with Crippen molar-refractivity contribution in [3.63, 3.8) is 0 Å². The van der Waals surface area contributed by atoms with Gasteiger partial charge < -0.3 is 77.4 Å². The minimum Gasteiger partial charge on any atom is -0.461 e. The number of rotatable bonds is 18. The SMILES string of the molecule is CO/N=C1\C[C@@H](C)O[C@@H](O[C@@H]2[C@@H](C)[C@H](O[C@H]3CC(C)N(C)C[C@H](C)O3)[C@@H](C)C(=O)O[C@H](C(C)CO[C@@H]3O[C@H](C)[C@@H](O)[C@@H](OC)[C@H]3OC)[C@H](C)[C@@H](OC(=O)CC(C)C)[C@@H](C)C(=O)[C@@](C)(OC(=O)NCCc3ccncc3)C[C@@H]2C)[C@@H]1O. The fourth-order valence-electron chi connectivity index (χ4n) is 11.9. The molecule has 1 aromatic heterocycles. The van der Waals surface area contributed by atoms with Gasteiger partial charge in [-0.1, -0.05) is 53.6 Å². The van der Waals surface area contributed by atoms with Gasteiger partial charge in [-0.05, 0) is 91.0 Å². The first-order valence-electron chi connectivity index (χ1n) is 28.6. The number of alkyl carbamates (subject to hydrolysis) is 1. The Hall–Kier alpha value is -3.94. The first-order chi connectivity index (χ1) is 37.7. The number of carbonyl (C=O) groups is 4. The number of nitrogens with one attached hydrogen (secondary N) is 1. The van der Waals surface area contributed by atoms with Crippen molar-refractivity contribution in [3.8, 4) is 0 Å². The number of esters is 2. The van der Waals surface area contributed by atoms with E-state index in [9.17, 15) is 19.8 Å². The second-order valence-electron chi connectivity index (χ2n) is 23.7. The number of oxime groups is 1. The van der Waals surface area contributed by atoms with Crippen molar-refractivity contribution in [2.24, 2.45) is 46.6 Å². The topological polar surface area (TPSA) is 260 Å². The van der Waals surface area contributed by atoms with E-state index in [2.05, 4.69) is 27.3 Å². The average Bonchev–Trinajstić information content (AvgIpc) is 3.57. The second-order valence-corrected chi connectivity index (χ2v) is 23.7. The summed E-state index contributed by atoms with van der Waals surface area (Å²) >= 11 is 0. The van der Waals surface area contributed by atoms with Gasteiger partial charge in [0.15, 0.2) is 30.3 Å². The maximum Gasteiger partial charge on any atom is 0.408 e. The lowest BCUT2D eigenvalue weighted by Crippen LogP contribution is -2.59. The van der Waals surface area contributed by atoms with Gasteiger partial charge in [-0.2, -0.15) is 0 Å². The number of Topliss-reactive ketones (excluding diaryl/α,β-unsaturated/α-hetero) is 1. The smallest absolute Gasteiger partial charge is 0.408 e. The van der Waals surface area contributed by atoms with E-state index in [1.807, 2.05) is 60.7 Å². The van der Waals surface area contributed by atoms with Crippen LogP contribution in [0.5, 0.6) is 0 Å². The van der Waals surface area contributed by atoms with Gasteiger partial charge >= 0.3 is 18.0 Å². The second kappa shape index (κ2) is 30.6. The number of cyclic esters (lactones) is 1. The molecule has 3 N–H and O–H groups in total. The number of hydrogen-bond donors (Lipinski definition) is 3. The maximum atomic E-state index is 15.8. The van der Waals surface area contributed by atoms with Crippen LogP contribution >= 0.6 is 0 Å². The van der Waals surface area contributed by atoms with Crippen LogP contribution in [0.15, 0.2) is 29.7 Å². The molecule has 0 bridgehead atoms. The predicted octanol–water partition coefficient (Wildman–Crippen LogP) is 5.64. The Labute approximate surface area is 474 Å². The molecule has 4 aliphatic heterocycles. The molecule has 1 aromatic rings. The molecule has 0 radical (unpaired) electrons. The monoisotopic (exact) mass is 1140 g/mol. The molecule has 2 unspecified atom stereocenters. The van der Waals surface area contributed by atoms with Gasteiger partial charge in [0.1, 0.15) is 43.7 Å². The summed E-state index contributed by atoms with van der Waals surface area (Å²) in [7, 11) is 6.30. The summed E-state index contributed by atoms with van der Waals surface area (Å²) in [4.78, 5) is 70.9. The highest BCUT2D eigenvalue weighted by molar-refractivity contribution is 5.91. The van der Waals surface area contributed by atoms with Crippen LogP contribution in [-0.2, 0) is 77.7 Å². The Morgan fingerprint density at radius 1 is 0.850 bits per heavy atom. The Bertz CT molecular complexity index is 2140. The molecule has 22 nitrogen and oxygen atoms in total. The molecule has 1 amide bonds. The number of amides is 1. The Balaban J connectivity index is 1.69. The molecule has 80 heavy (non-hydrogen) atoms. The average molecular weight is 1140 g/mol. The summed E-state index contributed by atoms with van der Waals surface area (Å²) in [5.74, 6) is -7.39. The number of aromatic nitrogens is 1. The van der Waals surface area contributed by atoms with Crippen molar-refractivity contribution in [2.75, 3.05) is 48.1 Å². The molecule has 0 spiro atoms. The van der Waals surface area contributed by atoms with E-state index < -0.39 is 145 Å². The number of aliphatic hydroxyl groups excluding tert-OH is 2. The Kier molecular flexibility index (Phi) is 25.5. The van der Waals surface area contributed by atoms with E-state index >= 15 is 9.59 Å². The number of methoxy groups -OCH3 is 2. The van der Waals surface area contributed by atoms with Crippen LogP contribution < -0.4 is 5.32 Å². The molecule has 4 fully saturated rings. The Morgan fingerprint density at radius 2 is 1.52 bits per heavy atom. The van der Waals surface area contributed by atoms with E-state index in [0.717, 1.165) is 5.56 Å². The molecule has 4 saturated heterocycles. The van der Waals surface area contributed by atoms with Crippen LogP contribution in [-0.4, -0.2) is 195 Å². The van der Waals surface area contributed by atoms with Crippen LogP contribution in [0.4, 0.5) is 4.79 Å². The van der Waals surface area contributed by atoms with Gasteiger partial charge in [-0.15, -0.1) is 0 Å².